The molecule has 7 nitrogen and oxygen atoms in total. The monoisotopic (exact) mass is 509 g/mol. The molecule has 2 N–H and O–H groups in total. The van der Waals surface area contributed by atoms with E-state index in [1.165, 1.54) is 0 Å². The van der Waals surface area contributed by atoms with Crippen molar-refractivity contribution in [3.63, 3.8) is 0 Å². The van der Waals surface area contributed by atoms with Crippen LogP contribution in [0.5, 0.6) is 0 Å². The number of carbonyl (C=O) groups is 3. The summed E-state index contributed by atoms with van der Waals surface area (Å²) in [6.45, 7) is 13.5. The summed E-state index contributed by atoms with van der Waals surface area (Å²) in [5.41, 5.74) is 3.84. The summed E-state index contributed by atoms with van der Waals surface area (Å²) in [6, 6.07) is 12.8. The first kappa shape index (κ1) is 29.9. The summed E-state index contributed by atoms with van der Waals surface area (Å²) in [5.74, 6) is -0.632. The minimum atomic E-state index is -0.852. The maximum absolute atomic E-state index is 13.9. The zero-order chi connectivity index (χ0) is 27.6. The lowest BCUT2D eigenvalue weighted by Crippen LogP contribution is -2.47. The number of alkyl carbamates (subject to hydrolysis) is 1. The highest BCUT2D eigenvalue weighted by Crippen LogP contribution is 2.27. The van der Waals surface area contributed by atoms with Crippen molar-refractivity contribution in [3.05, 3.63) is 64.7 Å². The summed E-state index contributed by atoms with van der Waals surface area (Å²) in [4.78, 5) is 41.2. The number of rotatable bonds is 11. The molecular formula is C30H43N3O4. The fourth-order valence-corrected chi connectivity index (χ4v) is 4.11. The Labute approximate surface area is 222 Å². The minimum Gasteiger partial charge on any atom is -0.444 e. The molecule has 0 fully saturated rings. The van der Waals surface area contributed by atoms with Crippen molar-refractivity contribution in [2.75, 3.05) is 18.4 Å². The molecule has 0 saturated carbocycles. The summed E-state index contributed by atoms with van der Waals surface area (Å²) >= 11 is 0. The molecule has 3 amide bonds. The standard InChI is InChI=1S/C30H43N3O4/c1-8-10-11-19-33(25(34)20-31-29(36)37-30(5,6)7)27(24-17-15-23(9-2)16-18-24)28(35)32-26-21(3)13-12-14-22(26)4/h12-18,27H,8-11,19-20H2,1-7H3,(H,31,36)(H,32,35). The number of unbranched alkanes of at least 4 members (excludes halogenated alkanes) is 2. The third kappa shape index (κ3) is 9.23. The second-order valence-electron chi connectivity index (χ2n) is 10.4. The first-order chi connectivity index (χ1) is 17.5. The number of benzene rings is 2. The van der Waals surface area contributed by atoms with Gasteiger partial charge in [0.25, 0.3) is 5.91 Å². The van der Waals surface area contributed by atoms with Crippen LogP contribution in [0, 0.1) is 13.8 Å². The largest absolute Gasteiger partial charge is 0.444 e. The number of aryl methyl sites for hydroxylation is 3. The number of nitrogens with one attached hydrogen (secondary N) is 2. The molecule has 0 aliphatic carbocycles. The maximum atomic E-state index is 13.9. The molecule has 0 radical (unpaired) electrons. The molecule has 2 aromatic rings. The normalized spacial score (nSPS) is 12.0. The SMILES string of the molecule is CCCCCN(C(=O)CNC(=O)OC(C)(C)C)C(C(=O)Nc1c(C)cccc1C)c1ccc(CC)cc1. The highest BCUT2D eigenvalue weighted by molar-refractivity contribution is 5.99. The van der Waals surface area contributed by atoms with E-state index in [1.807, 2.05) is 56.3 Å². The number of hydrogen-bond acceptors (Lipinski definition) is 4. The number of ether oxygens (including phenoxy) is 1. The average Bonchev–Trinajstić information content (AvgIpc) is 2.83. The smallest absolute Gasteiger partial charge is 0.408 e. The van der Waals surface area contributed by atoms with Gasteiger partial charge in [-0.2, -0.15) is 0 Å². The molecule has 0 aliphatic rings. The Morgan fingerprint density at radius 3 is 2.11 bits per heavy atom. The molecule has 0 aliphatic heterocycles. The molecule has 2 rings (SSSR count). The van der Waals surface area contributed by atoms with Crippen molar-refractivity contribution in [1.82, 2.24) is 10.2 Å². The first-order valence-electron chi connectivity index (χ1n) is 13.2. The molecule has 0 bridgehead atoms. The molecule has 1 unspecified atom stereocenters. The van der Waals surface area contributed by atoms with Crippen LogP contribution in [-0.2, 0) is 20.7 Å². The van der Waals surface area contributed by atoms with E-state index >= 15 is 0 Å². The zero-order valence-corrected chi connectivity index (χ0v) is 23.4. The molecule has 0 spiro atoms. The molecule has 0 heterocycles. The minimum absolute atomic E-state index is 0.263. The van der Waals surface area contributed by atoms with Crippen LogP contribution in [0.25, 0.3) is 0 Å². The Balaban J connectivity index is 2.42. The van der Waals surface area contributed by atoms with E-state index in [2.05, 4.69) is 24.5 Å². The second kappa shape index (κ2) is 13.8. The Morgan fingerprint density at radius 2 is 1.57 bits per heavy atom. The summed E-state index contributed by atoms with van der Waals surface area (Å²) in [6.07, 6.45) is 2.84. The zero-order valence-electron chi connectivity index (χ0n) is 23.4. The van der Waals surface area contributed by atoms with Gasteiger partial charge in [0, 0.05) is 12.2 Å². The van der Waals surface area contributed by atoms with E-state index in [1.54, 1.807) is 25.7 Å². The van der Waals surface area contributed by atoms with Crippen LogP contribution in [0.4, 0.5) is 10.5 Å². The van der Waals surface area contributed by atoms with Crippen LogP contribution in [0.1, 0.15) is 82.2 Å². The summed E-state index contributed by atoms with van der Waals surface area (Å²) < 4.78 is 5.29. The molecule has 2 aromatic carbocycles. The number of amides is 3. The average molecular weight is 510 g/mol. The van der Waals surface area contributed by atoms with Crippen LogP contribution < -0.4 is 10.6 Å². The van der Waals surface area contributed by atoms with E-state index in [9.17, 15) is 14.4 Å². The number of anilines is 1. The van der Waals surface area contributed by atoms with Gasteiger partial charge in [-0.3, -0.25) is 9.59 Å². The number of carbonyl (C=O) groups excluding carboxylic acids is 3. The Morgan fingerprint density at radius 1 is 0.946 bits per heavy atom. The van der Waals surface area contributed by atoms with Crippen molar-refractivity contribution >= 4 is 23.6 Å². The van der Waals surface area contributed by atoms with Gasteiger partial charge < -0.3 is 20.3 Å². The highest BCUT2D eigenvalue weighted by Gasteiger charge is 2.32. The summed E-state index contributed by atoms with van der Waals surface area (Å²) in [7, 11) is 0. The van der Waals surface area contributed by atoms with Gasteiger partial charge in [-0.1, -0.05) is 69.2 Å². The van der Waals surface area contributed by atoms with E-state index in [0.29, 0.717) is 6.54 Å². The fraction of sp³-hybridized carbons (Fsp3) is 0.500. The third-order valence-corrected chi connectivity index (χ3v) is 6.10. The van der Waals surface area contributed by atoms with E-state index in [4.69, 9.17) is 4.74 Å². The summed E-state index contributed by atoms with van der Waals surface area (Å²) in [5, 5.41) is 5.64. The number of para-hydroxylation sites is 1. The van der Waals surface area contributed by atoms with Gasteiger partial charge in [0.1, 0.15) is 18.2 Å². The van der Waals surface area contributed by atoms with Crippen molar-refractivity contribution in [3.8, 4) is 0 Å². The highest BCUT2D eigenvalue weighted by atomic mass is 16.6. The number of hydrogen-bond donors (Lipinski definition) is 2. The topological polar surface area (TPSA) is 87.7 Å². The molecule has 0 saturated heterocycles. The lowest BCUT2D eigenvalue weighted by atomic mass is 10.00. The van der Waals surface area contributed by atoms with E-state index < -0.39 is 17.7 Å². The van der Waals surface area contributed by atoms with Gasteiger partial charge in [0.2, 0.25) is 5.91 Å². The van der Waals surface area contributed by atoms with Gasteiger partial charge in [-0.25, -0.2) is 4.79 Å². The van der Waals surface area contributed by atoms with Crippen LogP contribution in [0.15, 0.2) is 42.5 Å². The van der Waals surface area contributed by atoms with Gasteiger partial charge >= 0.3 is 6.09 Å². The predicted molar refractivity (Wildman–Crippen MR) is 149 cm³/mol. The first-order valence-corrected chi connectivity index (χ1v) is 13.2. The predicted octanol–water partition coefficient (Wildman–Crippen LogP) is 6.09. The molecular weight excluding hydrogens is 466 g/mol. The Hall–Kier alpha value is -3.35. The fourth-order valence-electron chi connectivity index (χ4n) is 4.11. The molecule has 7 heteroatoms. The van der Waals surface area contributed by atoms with Gasteiger partial charge in [0.15, 0.2) is 0 Å². The number of nitrogens with zero attached hydrogens (tertiary/aromatic N) is 1. The van der Waals surface area contributed by atoms with Crippen LogP contribution >= 0.6 is 0 Å². The quantitative estimate of drug-likeness (QED) is 0.359. The molecule has 202 valence electrons. The molecule has 0 aromatic heterocycles. The van der Waals surface area contributed by atoms with Crippen LogP contribution in [0.3, 0.4) is 0 Å². The maximum Gasteiger partial charge on any atom is 0.408 e. The lowest BCUT2D eigenvalue weighted by molar-refractivity contribution is -0.138. The Kier molecular flexibility index (Phi) is 11.2. The third-order valence-electron chi connectivity index (χ3n) is 6.10. The lowest BCUT2D eigenvalue weighted by Gasteiger charge is -2.32. The Bertz CT molecular complexity index is 1040. The second-order valence-corrected chi connectivity index (χ2v) is 10.4. The van der Waals surface area contributed by atoms with E-state index in [-0.39, 0.29) is 18.4 Å². The van der Waals surface area contributed by atoms with Crippen LogP contribution in [0.2, 0.25) is 0 Å². The van der Waals surface area contributed by atoms with Crippen molar-refractivity contribution in [2.24, 2.45) is 0 Å². The van der Waals surface area contributed by atoms with Crippen molar-refractivity contribution < 1.29 is 19.1 Å². The molecule has 37 heavy (non-hydrogen) atoms. The van der Waals surface area contributed by atoms with Gasteiger partial charge in [0.05, 0.1) is 0 Å². The molecule has 1 atom stereocenters. The van der Waals surface area contributed by atoms with E-state index in [0.717, 1.165) is 53.6 Å². The van der Waals surface area contributed by atoms with Gasteiger partial charge in [-0.05, 0) is 69.7 Å². The van der Waals surface area contributed by atoms with Gasteiger partial charge in [-0.15, -0.1) is 0 Å². The van der Waals surface area contributed by atoms with Crippen LogP contribution in [-0.4, -0.2) is 41.5 Å². The van der Waals surface area contributed by atoms with Crippen molar-refractivity contribution in [2.45, 2.75) is 85.8 Å². The van der Waals surface area contributed by atoms with Crippen molar-refractivity contribution in [1.29, 1.82) is 0 Å².